The van der Waals surface area contributed by atoms with Gasteiger partial charge in [-0.15, -0.1) is 6.58 Å². The van der Waals surface area contributed by atoms with Crippen LogP contribution in [0.5, 0.6) is 0 Å². The highest BCUT2D eigenvalue weighted by atomic mass is 19.2. The maximum Gasteiger partial charge on any atom is 0.257 e. The summed E-state index contributed by atoms with van der Waals surface area (Å²) in [7, 11) is 0. The van der Waals surface area contributed by atoms with Crippen LogP contribution in [-0.2, 0) is 22.6 Å². The minimum Gasteiger partial charge on any atom is -0.392 e. The summed E-state index contributed by atoms with van der Waals surface area (Å²) in [5.74, 6) is -12.5. The van der Waals surface area contributed by atoms with Crippen molar-refractivity contribution in [2.75, 3.05) is 13.1 Å². The van der Waals surface area contributed by atoms with E-state index >= 15 is 0 Å². The highest BCUT2D eigenvalue weighted by molar-refractivity contribution is 5.94. The molecule has 1 heterocycles. The normalized spacial score (nSPS) is 20.7. The predicted molar refractivity (Wildman–Crippen MR) is 186 cm³/mol. The van der Waals surface area contributed by atoms with Crippen LogP contribution in [0.4, 0.5) is 22.0 Å². The molecule has 2 N–H and O–H groups in total. The van der Waals surface area contributed by atoms with Crippen LogP contribution in [0.1, 0.15) is 77.6 Å². The van der Waals surface area contributed by atoms with Gasteiger partial charge in [0.05, 0.1) is 18.8 Å². The molecule has 1 saturated heterocycles. The molecule has 0 aromatic heterocycles. The summed E-state index contributed by atoms with van der Waals surface area (Å²) in [6, 6.07) is 22.9. The van der Waals surface area contributed by atoms with E-state index in [0.717, 1.165) is 47.2 Å². The number of carbonyl (C=O) groups is 1. The summed E-state index contributed by atoms with van der Waals surface area (Å²) < 4.78 is 82.7. The molecule has 0 unspecified atom stereocenters. The quantitative estimate of drug-likeness (QED) is 0.0664. The molecular weight excluding hydrogens is 679 g/mol. The third-order valence-electron chi connectivity index (χ3n) is 10.1. The van der Waals surface area contributed by atoms with Crippen molar-refractivity contribution in [3.63, 3.8) is 0 Å². The SMILES string of the molecule is C=CCN(C[C@@H]1O[C@H](c2cccc(-c3cccc(CNC(=O)c4c(F)c(F)c(F)c(F)c4F)c3)c2)O[C@H](c2ccc(CO)cc2)[C@@H]1C)C1CCCC1. The lowest BCUT2D eigenvalue weighted by Gasteiger charge is -2.43. The molecule has 4 atom stereocenters. The fraction of sp³-hybridized carbons (Fsp3) is 0.341. The fourth-order valence-corrected chi connectivity index (χ4v) is 7.17. The van der Waals surface area contributed by atoms with E-state index in [1.165, 1.54) is 12.8 Å². The highest BCUT2D eigenvalue weighted by Gasteiger charge is 2.40. The molecule has 6 rings (SSSR count). The zero-order valence-corrected chi connectivity index (χ0v) is 28.8. The van der Waals surface area contributed by atoms with Crippen LogP contribution in [0.15, 0.2) is 85.5 Å². The number of nitrogens with one attached hydrogen (secondary N) is 1. The van der Waals surface area contributed by atoms with Crippen LogP contribution in [0, 0.1) is 35.0 Å². The first-order valence-corrected chi connectivity index (χ1v) is 17.4. The molecule has 2 aliphatic rings. The van der Waals surface area contributed by atoms with Crippen molar-refractivity contribution in [3.05, 3.63) is 142 Å². The molecule has 4 aromatic carbocycles. The molecule has 1 aliphatic heterocycles. The topological polar surface area (TPSA) is 71.0 Å². The lowest BCUT2D eigenvalue weighted by molar-refractivity contribution is -0.276. The first kappa shape index (κ1) is 37.3. The second-order valence-corrected chi connectivity index (χ2v) is 13.5. The Labute approximate surface area is 299 Å². The maximum atomic E-state index is 14.2. The molecule has 0 bridgehead atoms. The second-order valence-electron chi connectivity index (χ2n) is 13.5. The standard InChI is InChI=1S/C41H41F5N2O4/c1-3-18-48(31-12-4-5-13-31)22-32-24(2)39(27-16-14-25(23-49)15-17-27)52-41(51-32)30-11-7-10-29(20-30)28-9-6-8-26(19-28)21-47-40(50)33-34(42)36(44)38(46)37(45)35(33)43/h3,6-11,14-17,19-20,24,31-32,39,41,49H,1,4-5,12-13,18,21-23H2,2H3,(H,47,50)/t24-,32+,39+,41+/m1/s1. The monoisotopic (exact) mass is 720 g/mol. The number of aliphatic hydroxyl groups excluding tert-OH is 1. The van der Waals surface area contributed by atoms with Gasteiger partial charge in [-0.05, 0) is 52.8 Å². The molecular formula is C41H41F5N2O4. The van der Waals surface area contributed by atoms with Crippen molar-refractivity contribution in [2.45, 2.75) is 70.3 Å². The van der Waals surface area contributed by atoms with Gasteiger partial charge in [0.1, 0.15) is 5.56 Å². The third kappa shape index (κ3) is 7.97. The van der Waals surface area contributed by atoms with Gasteiger partial charge < -0.3 is 19.9 Å². The average molecular weight is 721 g/mol. The van der Waals surface area contributed by atoms with E-state index in [4.69, 9.17) is 9.47 Å². The first-order valence-electron chi connectivity index (χ1n) is 17.4. The molecule has 4 aromatic rings. The number of benzene rings is 4. The second kappa shape index (κ2) is 16.5. The summed E-state index contributed by atoms with van der Waals surface area (Å²) >= 11 is 0. The molecule has 1 amide bonds. The van der Waals surface area contributed by atoms with Crippen LogP contribution < -0.4 is 5.32 Å². The van der Waals surface area contributed by atoms with E-state index in [1.54, 1.807) is 18.2 Å². The Kier molecular flexibility index (Phi) is 11.8. The van der Waals surface area contributed by atoms with Crippen LogP contribution in [-0.4, -0.2) is 41.1 Å². The number of aliphatic hydroxyl groups is 1. The third-order valence-corrected chi connectivity index (χ3v) is 10.1. The average Bonchev–Trinajstić information content (AvgIpc) is 3.72. The first-order chi connectivity index (χ1) is 25.1. The van der Waals surface area contributed by atoms with E-state index in [2.05, 4.69) is 23.7 Å². The maximum absolute atomic E-state index is 14.2. The Balaban J connectivity index is 1.24. The Morgan fingerprint density at radius 3 is 2.13 bits per heavy atom. The highest BCUT2D eigenvalue weighted by Crippen LogP contribution is 2.43. The van der Waals surface area contributed by atoms with Crippen LogP contribution in [0.25, 0.3) is 11.1 Å². The lowest BCUT2D eigenvalue weighted by Crippen LogP contribution is -2.47. The number of nitrogens with zero attached hydrogens (tertiary/aromatic N) is 1. The van der Waals surface area contributed by atoms with Crippen molar-refractivity contribution < 1.29 is 41.3 Å². The lowest BCUT2D eigenvalue weighted by atomic mass is 9.89. The zero-order chi connectivity index (χ0) is 36.9. The number of amides is 1. The molecule has 52 heavy (non-hydrogen) atoms. The van der Waals surface area contributed by atoms with E-state index in [0.29, 0.717) is 18.2 Å². The molecule has 6 nitrogen and oxygen atoms in total. The zero-order valence-electron chi connectivity index (χ0n) is 28.8. The smallest absolute Gasteiger partial charge is 0.257 e. The van der Waals surface area contributed by atoms with Crippen molar-refractivity contribution in [1.29, 1.82) is 0 Å². The van der Waals surface area contributed by atoms with Gasteiger partial charge in [0, 0.05) is 37.2 Å². The summed E-state index contributed by atoms with van der Waals surface area (Å²) in [6.45, 7) is 7.31. The number of carbonyl (C=O) groups excluding carboxylic acids is 1. The minimum atomic E-state index is -2.33. The number of hydrogen-bond donors (Lipinski definition) is 2. The van der Waals surface area contributed by atoms with Crippen molar-refractivity contribution >= 4 is 5.91 Å². The van der Waals surface area contributed by atoms with Crippen molar-refractivity contribution in [1.82, 2.24) is 10.2 Å². The minimum absolute atomic E-state index is 0.00450. The molecule has 1 saturated carbocycles. The van der Waals surface area contributed by atoms with Crippen molar-refractivity contribution in [2.24, 2.45) is 5.92 Å². The molecule has 274 valence electrons. The van der Waals surface area contributed by atoms with Crippen molar-refractivity contribution in [3.8, 4) is 11.1 Å². The Hall–Kier alpha value is -4.42. The number of halogens is 5. The van der Waals surface area contributed by atoms with Gasteiger partial charge in [0.15, 0.2) is 29.6 Å². The van der Waals surface area contributed by atoms with E-state index in [-0.39, 0.29) is 31.3 Å². The van der Waals surface area contributed by atoms with E-state index < -0.39 is 46.8 Å². The van der Waals surface area contributed by atoms with Gasteiger partial charge in [-0.1, -0.05) is 86.5 Å². The Bertz CT molecular complexity index is 1870. The Morgan fingerprint density at radius 1 is 0.846 bits per heavy atom. The van der Waals surface area contributed by atoms with Gasteiger partial charge in [-0.25, -0.2) is 22.0 Å². The van der Waals surface area contributed by atoms with Crippen LogP contribution >= 0.6 is 0 Å². The predicted octanol–water partition coefficient (Wildman–Crippen LogP) is 8.69. The summed E-state index contributed by atoms with van der Waals surface area (Å²) in [5.41, 5.74) is 3.11. The number of ether oxygens (including phenoxy) is 2. The fourth-order valence-electron chi connectivity index (χ4n) is 7.17. The molecule has 0 radical (unpaired) electrons. The largest absolute Gasteiger partial charge is 0.392 e. The summed E-state index contributed by atoms with van der Waals surface area (Å²) in [4.78, 5) is 15.0. The Morgan fingerprint density at radius 2 is 1.48 bits per heavy atom. The van der Waals surface area contributed by atoms with Crippen LogP contribution in [0.3, 0.4) is 0 Å². The molecule has 1 aliphatic carbocycles. The van der Waals surface area contributed by atoms with Gasteiger partial charge in [0.25, 0.3) is 5.91 Å². The molecule has 2 fully saturated rings. The van der Waals surface area contributed by atoms with Gasteiger partial charge >= 0.3 is 0 Å². The molecule has 11 heteroatoms. The van der Waals surface area contributed by atoms with E-state index in [9.17, 15) is 31.9 Å². The van der Waals surface area contributed by atoms with Crippen LogP contribution in [0.2, 0.25) is 0 Å². The van der Waals surface area contributed by atoms with E-state index in [1.807, 2.05) is 60.7 Å². The molecule has 0 spiro atoms. The number of hydrogen-bond acceptors (Lipinski definition) is 5. The number of rotatable bonds is 12. The summed E-state index contributed by atoms with van der Waals surface area (Å²) in [6.07, 6.45) is 5.46. The van der Waals surface area contributed by atoms with Gasteiger partial charge in [0.2, 0.25) is 5.82 Å². The summed E-state index contributed by atoms with van der Waals surface area (Å²) in [5, 5.41) is 11.9. The van der Waals surface area contributed by atoms with Gasteiger partial charge in [-0.2, -0.15) is 0 Å². The van der Waals surface area contributed by atoms with Gasteiger partial charge in [-0.3, -0.25) is 9.69 Å².